The molecule has 3 heterocycles. The number of nitrogens with zero attached hydrogens (tertiary/aromatic N) is 1. The van der Waals surface area contributed by atoms with E-state index in [-0.39, 0.29) is 11.3 Å². The Morgan fingerprint density at radius 2 is 2.08 bits per heavy atom. The maximum Gasteiger partial charge on any atom is 0.255 e. The van der Waals surface area contributed by atoms with Gasteiger partial charge in [0.25, 0.3) is 5.91 Å². The lowest BCUT2D eigenvalue weighted by molar-refractivity contribution is 0.0947. The lowest BCUT2D eigenvalue weighted by atomic mass is 9.72. The third-order valence-corrected chi connectivity index (χ3v) is 8.85. The van der Waals surface area contributed by atoms with Crippen LogP contribution in [0.3, 0.4) is 0 Å². The maximum atomic E-state index is 13.4. The fourth-order valence-electron chi connectivity index (χ4n) is 4.81. The van der Waals surface area contributed by atoms with Crippen LogP contribution in [0.5, 0.6) is 0 Å². The Hall–Kier alpha value is -2.90. The predicted octanol–water partition coefficient (Wildman–Crippen LogP) is 8.50. The monoisotopic (exact) mass is 578 g/mol. The van der Waals surface area contributed by atoms with E-state index in [1.807, 2.05) is 30.3 Å². The van der Waals surface area contributed by atoms with Crippen molar-refractivity contribution in [3.63, 3.8) is 0 Å². The van der Waals surface area contributed by atoms with E-state index in [2.05, 4.69) is 61.1 Å². The van der Waals surface area contributed by atoms with Crippen LogP contribution in [-0.2, 0) is 19.4 Å². The van der Waals surface area contributed by atoms with Gasteiger partial charge in [-0.3, -0.25) is 4.79 Å². The summed E-state index contributed by atoms with van der Waals surface area (Å²) in [6, 6.07) is 13.7. The summed E-state index contributed by atoms with van der Waals surface area (Å²) in [6.07, 6.45) is 6.27. The van der Waals surface area contributed by atoms with E-state index in [4.69, 9.17) is 13.8 Å². The highest BCUT2D eigenvalue weighted by Crippen LogP contribution is 2.45. The van der Waals surface area contributed by atoms with Crippen molar-refractivity contribution in [3.8, 4) is 11.3 Å². The summed E-state index contributed by atoms with van der Waals surface area (Å²) in [5.41, 5.74) is 4.21. The highest BCUT2D eigenvalue weighted by molar-refractivity contribution is 9.10. The molecule has 7 heteroatoms. The van der Waals surface area contributed by atoms with Crippen LogP contribution >= 0.6 is 27.3 Å². The number of aliphatic imine (C=N–C) groups is 1. The number of fused-ring (bicyclic) bond motifs is 1. The molecule has 1 amide bonds. The van der Waals surface area contributed by atoms with Crippen LogP contribution in [0.25, 0.3) is 11.3 Å². The van der Waals surface area contributed by atoms with Crippen molar-refractivity contribution >= 4 is 44.4 Å². The molecular formula is C30H31BrN2O3S. The molecule has 192 valence electrons. The second kappa shape index (κ2) is 10.5. The molecule has 1 aromatic carbocycles. The molecule has 0 saturated carbocycles. The molecule has 3 aromatic heterocycles. The fourth-order valence-corrected chi connectivity index (χ4v) is 6.77. The van der Waals surface area contributed by atoms with E-state index in [0.29, 0.717) is 23.8 Å². The van der Waals surface area contributed by atoms with Gasteiger partial charge < -0.3 is 14.2 Å². The zero-order valence-electron chi connectivity index (χ0n) is 21.6. The minimum absolute atomic E-state index is 0.112. The van der Waals surface area contributed by atoms with E-state index in [1.165, 1.54) is 10.4 Å². The second-order valence-electron chi connectivity index (χ2n) is 10.7. The summed E-state index contributed by atoms with van der Waals surface area (Å²) in [7, 11) is 0. The minimum atomic E-state index is -0.112. The van der Waals surface area contributed by atoms with Crippen LogP contribution in [0.1, 0.15) is 65.1 Å². The Labute approximate surface area is 230 Å². The number of hydrogen-bond acceptors (Lipinski definition) is 5. The number of nitrogens with one attached hydrogen (secondary N) is 1. The highest BCUT2D eigenvalue weighted by Gasteiger charge is 2.33. The van der Waals surface area contributed by atoms with Crippen molar-refractivity contribution in [2.75, 3.05) is 0 Å². The molecule has 5 nitrogen and oxygen atoms in total. The molecule has 1 N–H and O–H groups in total. The summed E-state index contributed by atoms with van der Waals surface area (Å²) >= 11 is 5.26. The first-order valence-corrected chi connectivity index (χ1v) is 14.2. The molecule has 0 radical (unpaired) electrons. The van der Waals surface area contributed by atoms with E-state index in [1.54, 1.807) is 23.8 Å². The second-order valence-corrected chi connectivity index (χ2v) is 12.6. The van der Waals surface area contributed by atoms with Crippen LogP contribution in [0.4, 0.5) is 5.00 Å². The van der Waals surface area contributed by atoms with Gasteiger partial charge in [-0.1, -0.05) is 42.8 Å². The van der Waals surface area contributed by atoms with Crippen LogP contribution in [0, 0.1) is 18.3 Å². The van der Waals surface area contributed by atoms with E-state index < -0.39 is 0 Å². The number of rotatable bonds is 6. The largest absolute Gasteiger partial charge is 0.467 e. The molecule has 0 fully saturated rings. The van der Waals surface area contributed by atoms with Gasteiger partial charge in [0, 0.05) is 14.9 Å². The number of furan rings is 2. The van der Waals surface area contributed by atoms with Gasteiger partial charge in [-0.25, -0.2) is 4.99 Å². The number of amides is 1. The summed E-state index contributed by atoms with van der Waals surface area (Å²) in [4.78, 5) is 19.4. The predicted molar refractivity (Wildman–Crippen MR) is 153 cm³/mol. The summed E-state index contributed by atoms with van der Waals surface area (Å²) in [5, 5.41) is 3.75. The topological polar surface area (TPSA) is 67.7 Å². The van der Waals surface area contributed by atoms with Crippen molar-refractivity contribution in [2.45, 2.75) is 53.5 Å². The third-order valence-electron chi connectivity index (χ3n) is 7.03. The molecule has 5 rings (SSSR count). The average molecular weight is 580 g/mol. The van der Waals surface area contributed by atoms with Gasteiger partial charge in [-0.2, -0.15) is 0 Å². The molecule has 0 saturated heterocycles. The summed E-state index contributed by atoms with van der Waals surface area (Å²) in [5.74, 6) is 2.60. The molecule has 0 spiro atoms. The molecule has 0 bridgehead atoms. The van der Waals surface area contributed by atoms with Crippen LogP contribution in [-0.4, -0.2) is 12.1 Å². The average Bonchev–Trinajstić information content (AvgIpc) is 3.60. The standard InChI is InChI=1S/C30H31BrN2O3S/c1-18-7-10-22(24(31)14-18)25-12-9-21(36-25)17-33-29-27(28(34)32-16-20-6-5-13-35-20)23-11-8-19(30(2,3)4)15-26(23)37-29/h5-7,9-10,12-14,17,19H,8,11,15-16H2,1-4H3,(H,32,34)/t19-/m0/s1. The molecule has 0 aliphatic heterocycles. The molecule has 1 aliphatic rings. The number of hydrogen-bond donors (Lipinski definition) is 1. The summed E-state index contributed by atoms with van der Waals surface area (Å²) < 4.78 is 12.5. The van der Waals surface area contributed by atoms with Gasteiger partial charge in [0.2, 0.25) is 0 Å². The zero-order valence-corrected chi connectivity index (χ0v) is 24.0. The van der Waals surface area contributed by atoms with Crippen LogP contribution < -0.4 is 5.32 Å². The van der Waals surface area contributed by atoms with Crippen molar-refractivity contribution in [3.05, 3.63) is 86.3 Å². The first-order chi connectivity index (χ1) is 17.7. The number of benzene rings is 1. The van der Waals surface area contributed by atoms with Crippen LogP contribution in [0.2, 0.25) is 0 Å². The Balaban J connectivity index is 1.44. The van der Waals surface area contributed by atoms with Gasteiger partial charge >= 0.3 is 0 Å². The normalized spacial score (nSPS) is 15.8. The number of halogens is 1. The third kappa shape index (κ3) is 5.68. The molecule has 1 atom stereocenters. The molecule has 37 heavy (non-hydrogen) atoms. The van der Waals surface area contributed by atoms with Crippen molar-refractivity contribution in [1.29, 1.82) is 0 Å². The van der Waals surface area contributed by atoms with E-state index >= 15 is 0 Å². The molecule has 4 aromatic rings. The fraction of sp³-hybridized carbons (Fsp3) is 0.333. The lowest BCUT2D eigenvalue weighted by Crippen LogP contribution is -2.28. The maximum absolute atomic E-state index is 13.4. The Bertz CT molecular complexity index is 1440. The van der Waals surface area contributed by atoms with Gasteiger partial charge in [0.1, 0.15) is 22.3 Å². The van der Waals surface area contributed by atoms with Crippen molar-refractivity contribution < 1.29 is 13.6 Å². The summed E-state index contributed by atoms with van der Waals surface area (Å²) in [6.45, 7) is 9.30. The minimum Gasteiger partial charge on any atom is -0.467 e. The molecule has 1 aliphatic carbocycles. The number of aryl methyl sites for hydroxylation is 1. The van der Waals surface area contributed by atoms with Gasteiger partial charge in [-0.05, 0) is 85.0 Å². The Kier molecular flexibility index (Phi) is 7.28. The van der Waals surface area contributed by atoms with E-state index in [9.17, 15) is 4.79 Å². The number of carbonyl (C=O) groups is 1. The van der Waals surface area contributed by atoms with Gasteiger partial charge in [-0.15, -0.1) is 11.3 Å². The quantitative estimate of drug-likeness (QED) is 0.233. The van der Waals surface area contributed by atoms with E-state index in [0.717, 1.165) is 51.4 Å². The SMILES string of the molecule is Cc1ccc(-c2ccc(C=Nc3sc4c(c3C(=O)NCc3ccco3)CC[C@H](C(C)(C)C)C4)o2)c(Br)c1. The number of carbonyl (C=O) groups excluding carboxylic acids is 1. The van der Waals surface area contributed by atoms with Gasteiger partial charge in [0.15, 0.2) is 0 Å². The lowest BCUT2D eigenvalue weighted by Gasteiger charge is -2.33. The molecule has 0 unspecified atom stereocenters. The number of thiophene rings is 1. The van der Waals surface area contributed by atoms with Crippen molar-refractivity contribution in [1.82, 2.24) is 5.32 Å². The highest BCUT2D eigenvalue weighted by atomic mass is 79.9. The smallest absolute Gasteiger partial charge is 0.255 e. The zero-order chi connectivity index (χ0) is 26.2. The first kappa shape index (κ1) is 25.7. The first-order valence-electron chi connectivity index (χ1n) is 12.5. The van der Waals surface area contributed by atoms with Crippen molar-refractivity contribution in [2.24, 2.45) is 16.3 Å². The van der Waals surface area contributed by atoms with Gasteiger partial charge in [0.05, 0.1) is 24.6 Å². The van der Waals surface area contributed by atoms with Crippen LogP contribution in [0.15, 0.2) is 67.0 Å². The Morgan fingerprint density at radius 3 is 2.81 bits per heavy atom. The Morgan fingerprint density at radius 1 is 1.24 bits per heavy atom. The molecular weight excluding hydrogens is 548 g/mol.